The smallest absolute Gasteiger partial charge is 0.379 e. The van der Waals surface area contributed by atoms with Crippen molar-refractivity contribution in [2.24, 2.45) is 11.3 Å². The molecule has 4 fully saturated rings. The number of carbonyl (C=O) groups excluding carboxylic acids is 2. The summed E-state index contributed by atoms with van der Waals surface area (Å²) in [5.41, 5.74) is 5.25. The highest BCUT2D eigenvalue weighted by atomic mass is 19.4. The van der Waals surface area contributed by atoms with Gasteiger partial charge in [-0.2, -0.15) is 18.4 Å². The number of pyridine rings is 1. The zero-order chi connectivity index (χ0) is 27.6. The van der Waals surface area contributed by atoms with Crippen LogP contribution in [-0.4, -0.2) is 97.3 Å². The highest BCUT2D eigenvalue weighted by Gasteiger charge is 2.54. The van der Waals surface area contributed by atoms with Gasteiger partial charge in [0.1, 0.15) is 11.9 Å². The second-order valence-corrected chi connectivity index (χ2v) is 11.1. The van der Waals surface area contributed by atoms with Crippen molar-refractivity contribution in [3.63, 3.8) is 0 Å². The average Bonchev–Trinajstić information content (AvgIpc) is 3.66. The number of hydrazine groups is 1. The number of nitriles is 1. The van der Waals surface area contributed by atoms with Crippen molar-refractivity contribution in [2.45, 2.75) is 50.4 Å². The molecule has 4 saturated heterocycles. The number of amides is 2. The second-order valence-electron chi connectivity index (χ2n) is 11.1. The summed E-state index contributed by atoms with van der Waals surface area (Å²) < 4.78 is 46.6. The van der Waals surface area contributed by atoms with E-state index in [1.54, 1.807) is 17.2 Å². The van der Waals surface area contributed by atoms with Gasteiger partial charge in [0.25, 0.3) is 0 Å². The number of aromatic nitrogens is 1. The lowest BCUT2D eigenvalue weighted by molar-refractivity contribution is -0.201. The quantitative estimate of drug-likeness (QED) is 0.492. The first-order valence-electron chi connectivity index (χ1n) is 13.5. The minimum Gasteiger partial charge on any atom is -0.379 e. The summed E-state index contributed by atoms with van der Waals surface area (Å²) in [6.45, 7) is 3.98. The maximum absolute atomic E-state index is 13.6. The number of halogens is 3. The van der Waals surface area contributed by atoms with Crippen molar-refractivity contribution >= 4 is 17.6 Å². The molecule has 10 nitrogen and oxygen atoms in total. The Hall–Kier alpha value is -2.95. The first-order valence-corrected chi connectivity index (χ1v) is 13.5. The molecule has 39 heavy (non-hydrogen) atoms. The molecule has 1 aromatic rings. The van der Waals surface area contributed by atoms with Crippen LogP contribution in [0.3, 0.4) is 0 Å². The largest absolute Gasteiger partial charge is 0.402 e. The Labute approximate surface area is 225 Å². The van der Waals surface area contributed by atoms with E-state index < -0.39 is 24.0 Å². The molecule has 1 spiro atoms. The van der Waals surface area contributed by atoms with Crippen molar-refractivity contribution in [3.05, 3.63) is 23.9 Å². The van der Waals surface area contributed by atoms with Gasteiger partial charge in [-0.25, -0.2) is 10.4 Å². The lowest BCUT2D eigenvalue weighted by Crippen LogP contribution is -2.65. The second kappa shape index (κ2) is 11.3. The highest BCUT2D eigenvalue weighted by Crippen LogP contribution is 2.41. The molecule has 0 radical (unpaired) electrons. The maximum atomic E-state index is 13.6. The number of rotatable bonds is 7. The third-order valence-electron chi connectivity index (χ3n) is 8.59. The summed E-state index contributed by atoms with van der Waals surface area (Å²) in [5.74, 6) is -2.27. The summed E-state index contributed by atoms with van der Waals surface area (Å²) in [7, 11) is 0. The molecule has 2 amide bonds. The molecule has 4 atom stereocenters. The zero-order valence-corrected chi connectivity index (χ0v) is 21.8. The SMILES string of the molecule is N#Cc1ccc(N2CCC3(CCN(C(=O)CCOC[C@@H]4CCCN4C4CNNC(=O)C4C(F)(F)F)C3)C2)nc1. The predicted molar refractivity (Wildman–Crippen MR) is 134 cm³/mol. The summed E-state index contributed by atoms with van der Waals surface area (Å²) in [6, 6.07) is 4.50. The fourth-order valence-corrected chi connectivity index (χ4v) is 6.55. The van der Waals surface area contributed by atoms with E-state index in [4.69, 9.17) is 10.00 Å². The molecule has 2 N–H and O–H groups in total. The van der Waals surface area contributed by atoms with Crippen molar-refractivity contribution < 1.29 is 27.5 Å². The molecule has 0 saturated carbocycles. The molecule has 13 heteroatoms. The lowest BCUT2D eigenvalue weighted by Gasteiger charge is -2.40. The van der Waals surface area contributed by atoms with Gasteiger partial charge in [-0.3, -0.25) is 19.9 Å². The number of hydrogen-bond donors (Lipinski definition) is 2. The molecule has 0 aromatic carbocycles. The van der Waals surface area contributed by atoms with E-state index in [0.29, 0.717) is 31.6 Å². The van der Waals surface area contributed by atoms with Gasteiger partial charge < -0.3 is 14.5 Å². The Balaban J connectivity index is 1.07. The van der Waals surface area contributed by atoms with Gasteiger partial charge in [0.05, 0.1) is 25.2 Å². The molecule has 0 aliphatic carbocycles. The molecule has 4 aliphatic heterocycles. The van der Waals surface area contributed by atoms with E-state index in [-0.39, 0.29) is 43.5 Å². The molecule has 0 bridgehead atoms. The molecular weight excluding hydrogens is 515 g/mol. The Morgan fingerprint density at radius 3 is 2.79 bits per heavy atom. The van der Waals surface area contributed by atoms with Gasteiger partial charge in [0, 0.05) is 56.4 Å². The van der Waals surface area contributed by atoms with E-state index >= 15 is 0 Å². The number of alkyl halides is 3. The van der Waals surface area contributed by atoms with Gasteiger partial charge in [-0.05, 0) is 44.4 Å². The van der Waals surface area contributed by atoms with E-state index in [0.717, 1.165) is 38.2 Å². The number of likely N-dealkylation sites (tertiary alicyclic amines) is 2. The summed E-state index contributed by atoms with van der Waals surface area (Å²) >= 11 is 0. The van der Waals surface area contributed by atoms with Crippen molar-refractivity contribution in [2.75, 3.05) is 57.4 Å². The van der Waals surface area contributed by atoms with Crippen molar-refractivity contribution in [1.29, 1.82) is 5.26 Å². The monoisotopic (exact) mass is 549 g/mol. The molecule has 4 aliphatic rings. The molecule has 3 unspecified atom stereocenters. The minimum atomic E-state index is -4.63. The van der Waals surface area contributed by atoms with Gasteiger partial charge in [-0.15, -0.1) is 0 Å². The predicted octanol–water partition coefficient (Wildman–Crippen LogP) is 1.43. The van der Waals surface area contributed by atoms with Gasteiger partial charge >= 0.3 is 6.18 Å². The highest BCUT2D eigenvalue weighted by molar-refractivity contribution is 5.80. The van der Waals surface area contributed by atoms with Gasteiger partial charge in [0.15, 0.2) is 5.92 Å². The van der Waals surface area contributed by atoms with Crippen LogP contribution >= 0.6 is 0 Å². The van der Waals surface area contributed by atoms with Crippen LogP contribution in [-0.2, 0) is 14.3 Å². The molecule has 5 heterocycles. The van der Waals surface area contributed by atoms with Crippen LogP contribution in [0.25, 0.3) is 0 Å². The van der Waals surface area contributed by atoms with E-state index in [9.17, 15) is 22.8 Å². The van der Waals surface area contributed by atoms with Crippen molar-refractivity contribution in [1.82, 2.24) is 25.6 Å². The molecule has 5 rings (SSSR count). The normalized spacial score (nSPS) is 29.7. The van der Waals surface area contributed by atoms with Crippen LogP contribution in [0.2, 0.25) is 0 Å². The third kappa shape index (κ3) is 5.97. The molecule has 1 aromatic heterocycles. The van der Waals surface area contributed by atoms with E-state index in [1.165, 1.54) is 0 Å². The number of nitrogens with one attached hydrogen (secondary N) is 2. The number of hydrogen-bond acceptors (Lipinski definition) is 8. The summed E-state index contributed by atoms with van der Waals surface area (Å²) in [5, 5.41) is 8.98. The van der Waals surface area contributed by atoms with E-state index in [1.807, 2.05) is 11.0 Å². The van der Waals surface area contributed by atoms with Crippen LogP contribution in [0.1, 0.15) is 37.7 Å². The summed E-state index contributed by atoms with van der Waals surface area (Å²) in [4.78, 5) is 35.1. The van der Waals surface area contributed by atoms with Crippen LogP contribution in [0.5, 0.6) is 0 Å². The Morgan fingerprint density at radius 1 is 1.23 bits per heavy atom. The summed E-state index contributed by atoms with van der Waals surface area (Å²) in [6.07, 6.45) is 0.497. The molecule has 212 valence electrons. The van der Waals surface area contributed by atoms with E-state index in [2.05, 4.69) is 26.8 Å². The van der Waals surface area contributed by atoms with Crippen LogP contribution in [0.4, 0.5) is 19.0 Å². The minimum absolute atomic E-state index is 0.0142. The first kappa shape index (κ1) is 27.6. The Morgan fingerprint density at radius 2 is 2.05 bits per heavy atom. The van der Waals surface area contributed by atoms with Crippen molar-refractivity contribution in [3.8, 4) is 6.07 Å². The number of carbonyl (C=O) groups is 2. The lowest BCUT2D eigenvalue weighted by atomic mass is 9.86. The molecular formula is C26H34F3N7O3. The zero-order valence-electron chi connectivity index (χ0n) is 21.8. The van der Waals surface area contributed by atoms with Crippen LogP contribution in [0.15, 0.2) is 18.3 Å². The third-order valence-corrected chi connectivity index (χ3v) is 8.59. The van der Waals surface area contributed by atoms with Gasteiger partial charge in [-0.1, -0.05) is 0 Å². The topological polar surface area (TPSA) is 114 Å². The first-order chi connectivity index (χ1) is 18.7. The van der Waals surface area contributed by atoms with Crippen LogP contribution < -0.4 is 15.8 Å². The fraction of sp³-hybridized carbons (Fsp3) is 0.692. The Kier molecular flexibility index (Phi) is 7.98. The number of anilines is 1. The number of nitrogens with zero attached hydrogens (tertiary/aromatic N) is 5. The Bertz CT molecular complexity index is 1100. The fourth-order valence-electron chi connectivity index (χ4n) is 6.55. The maximum Gasteiger partial charge on any atom is 0.402 e. The standard InChI is InChI=1S/C26H34F3N7O3/c27-26(28,29)23-20(14-32-33-24(23)38)36-8-1-2-19(36)15-39-11-5-22(37)35-10-7-25(17-35)6-9-34(16-25)21-4-3-18(12-30)13-31-21/h3-4,13,19-20,23,32H,1-2,5-11,14-17H2,(H,33,38)/t19-,20?,23?,25?/m0/s1. The van der Waals surface area contributed by atoms with Crippen LogP contribution in [0, 0.1) is 22.7 Å². The number of ether oxygens (including phenoxy) is 1. The average molecular weight is 550 g/mol. The van der Waals surface area contributed by atoms with Gasteiger partial charge in [0.2, 0.25) is 11.8 Å².